The van der Waals surface area contributed by atoms with Crippen LogP contribution in [0.4, 0.5) is 34.1 Å². The third kappa shape index (κ3) is 15.8. The fourth-order valence-corrected chi connectivity index (χ4v) is 10.4. The first-order valence-electron chi connectivity index (χ1n) is 27.5. The molecule has 0 spiro atoms. The van der Waals surface area contributed by atoms with Crippen LogP contribution in [-0.2, 0) is 50.3 Å². The van der Waals surface area contributed by atoms with E-state index in [1.54, 1.807) is 53.7 Å². The van der Waals surface area contributed by atoms with Crippen molar-refractivity contribution in [1.82, 2.24) is 41.4 Å². The fourth-order valence-electron chi connectivity index (χ4n) is 9.33. The van der Waals surface area contributed by atoms with Crippen molar-refractivity contribution in [2.75, 3.05) is 56.8 Å². The Balaban J connectivity index is 0.000000247. The van der Waals surface area contributed by atoms with Gasteiger partial charge in [0.2, 0.25) is 20.0 Å². The van der Waals surface area contributed by atoms with Gasteiger partial charge in [-0.25, -0.2) is 26.8 Å². The summed E-state index contributed by atoms with van der Waals surface area (Å²) in [7, 11) is -4.33. The molecule has 5 aromatic carbocycles. The Hall–Kier alpha value is -8.55. The summed E-state index contributed by atoms with van der Waals surface area (Å²) >= 11 is 0. The summed E-state index contributed by atoms with van der Waals surface area (Å²) in [6.07, 6.45) is 11.3. The van der Waals surface area contributed by atoms with Crippen molar-refractivity contribution in [1.29, 1.82) is 0 Å². The van der Waals surface area contributed by atoms with E-state index in [2.05, 4.69) is 75.6 Å². The summed E-state index contributed by atoms with van der Waals surface area (Å²) < 4.78 is 66.6. The van der Waals surface area contributed by atoms with Crippen LogP contribution in [0.2, 0.25) is 0 Å². The molecule has 0 unspecified atom stereocenters. The van der Waals surface area contributed by atoms with Crippen LogP contribution in [0.25, 0.3) is 11.4 Å². The number of aromatic amines is 1. The average Bonchev–Trinajstić information content (AvgIpc) is 2.49. The maximum absolute atomic E-state index is 13.6. The number of methoxy groups -OCH3 is 2. The van der Waals surface area contributed by atoms with Gasteiger partial charge in [0.25, 0.3) is 11.8 Å². The molecule has 2 amide bonds. The molecular formula is C61H77ClN14O8S2. The smallest absolute Gasteiger partial charge is 0.255 e. The number of rotatable bonds is 18. The molecule has 9 rings (SSSR count). The van der Waals surface area contributed by atoms with Crippen molar-refractivity contribution < 1.29 is 35.9 Å². The van der Waals surface area contributed by atoms with E-state index in [4.69, 9.17) is 14.5 Å². The van der Waals surface area contributed by atoms with Crippen molar-refractivity contribution >= 4 is 89.8 Å². The van der Waals surface area contributed by atoms with Gasteiger partial charge in [-0.1, -0.05) is 97.9 Å². The van der Waals surface area contributed by atoms with E-state index in [0.717, 1.165) is 100.0 Å². The van der Waals surface area contributed by atoms with Crippen LogP contribution in [-0.4, -0.2) is 74.9 Å². The third-order valence-electron chi connectivity index (χ3n) is 13.9. The monoisotopic (exact) mass is 1230 g/mol. The number of sulfonamides is 2. The zero-order chi connectivity index (χ0) is 61.8. The zero-order valence-corrected chi connectivity index (χ0v) is 53.3. The van der Waals surface area contributed by atoms with Crippen molar-refractivity contribution in [3.05, 3.63) is 178 Å². The minimum atomic E-state index is -3.60. The minimum Gasteiger partial charge on any atom is -0.492 e. The first-order valence-corrected chi connectivity index (χ1v) is 31.3. The number of hydrogen-bond donors (Lipinski definition) is 9. The Morgan fingerprint density at radius 1 is 0.628 bits per heavy atom. The summed E-state index contributed by atoms with van der Waals surface area (Å²) in [6.45, 7) is 20.8. The second-order valence-corrected chi connectivity index (χ2v) is 26.3. The minimum absolute atomic E-state index is 0. The van der Waals surface area contributed by atoms with Crippen LogP contribution in [0.15, 0.2) is 116 Å². The molecule has 0 atom stereocenters. The molecule has 0 saturated carbocycles. The Bertz CT molecular complexity index is 3950. The number of nitrogens with one attached hydrogen (secondary N) is 9. The summed E-state index contributed by atoms with van der Waals surface area (Å²) in [6, 6.07) is 28.1. The van der Waals surface area contributed by atoms with Gasteiger partial charge in [-0.15, -0.1) is 23.5 Å². The SMILES string of the molecule is CCc1nc(C2=CN(c3cc(C(=O)Nc4cc(C(C)(C)C)cc(NS(C)(=O)=O)c4OC)ccc3C)NN2)cn1Cc1ccccc1.CCc1ncc(C2=CN(c3cc(C(=O)Nc4cc(C(C)(C)C)cc(NS(C)(=O)=O)c4OC)ccc3C)NN2)[nH]1.Cl. The van der Waals surface area contributed by atoms with E-state index in [0.29, 0.717) is 22.5 Å². The number of ether oxygens (including phenoxy) is 2. The Morgan fingerprint density at radius 3 is 1.52 bits per heavy atom. The van der Waals surface area contributed by atoms with Crippen molar-refractivity contribution in [2.45, 2.75) is 99.5 Å². The van der Waals surface area contributed by atoms with Crippen LogP contribution in [0.1, 0.15) is 127 Å². The van der Waals surface area contributed by atoms with Gasteiger partial charge in [0.05, 0.1) is 96.5 Å². The maximum Gasteiger partial charge on any atom is 0.255 e. The van der Waals surface area contributed by atoms with Gasteiger partial charge in [-0.2, -0.15) is 0 Å². The molecule has 0 fully saturated rings. The molecule has 22 nitrogen and oxygen atoms in total. The molecule has 2 aliphatic rings. The number of aromatic nitrogens is 4. The number of benzene rings is 5. The second kappa shape index (κ2) is 26.4. The number of carbonyl (C=O) groups is 2. The number of amides is 2. The molecule has 0 bridgehead atoms. The van der Waals surface area contributed by atoms with E-state index >= 15 is 0 Å². The molecule has 25 heteroatoms. The van der Waals surface area contributed by atoms with E-state index in [1.807, 2.05) is 122 Å². The molecule has 4 heterocycles. The summed E-state index contributed by atoms with van der Waals surface area (Å²) in [5.41, 5.74) is 23.5. The maximum atomic E-state index is 13.6. The lowest BCUT2D eigenvalue weighted by Crippen LogP contribution is -2.36. The van der Waals surface area contributed by atoms with E-state index < -0.39 is 20.0 Å². The first kappa shape index (κ1) is 65.0. The quantitative estimate of drug-likeness (QED) is 0.0387. The van der Waals surface area contributed by atoms with Crippen LogP contribution < -0.4 is 61.5 Å². The summed E-state index contributed by atoms with van der Waals surface area (Å²) in [5.74, 6) is 1.56. The highest BCUT2D eigenvalue weighted by atomic mass is 35.5. The normalized spacial score (nSPS) is 13.3. The van der Waals surface area contributed by atoms with Crippen LogP contribution in [0.5, 0.6) is 11.5 Å². The molecule has 458 valence electrons. The summed E-state index contributed by atoms with van der Waals surface area (Å²) in [5, 5.41) is 9.47. The summed E-state index contributed by atoms with van der Waals surface area (Å²) in [4.78, 5) is 39.6. The van der Waals surface area contributed by atoms with Gasteiger partial charge in [0.15, 0.2) is 11.5 Å². The molecule has 0 radical (unpaired) electrons. The Labute approximate surface area is 510 Å². The van der Waals surface area contributed by atoms with E-state index in [1.165, 1.54) is 19.8 Å². The first-order chi connectivity index (χ1) is 40.0. The van der Waals surface area contributed by atoms with Gasteiger partial charge >= 0.3 is 0 Å². The lowest BCUT2D eigenvalue weighted by Gasteiger charge is -2.24. The standard InChI is InChI=1S/C34H41N7O4S.C27H35N7O4S.ClH/c1-8-31-35-28(20-40(31)19-23-12-10-9-11-13-23)29-21-41(39-37-29)30-16-24(15-14-22(30)2)33(42)36-26-17-25(34(3,4)5)18-27(32(26)45-6)38-46(7,43)44;1-8-24-28-14-21(29-24)22-15-34(33-31-22)23-11-17(10-9-16(23)2)26(35)30-19-12-18(27(3,4)5)13-20(25(19)38-6)32-39(7,36)37;/h9-18,20-21,37-39H,8,19H2,1-7H3,(H,36,42);9-15,31-33H,8H2,1-7H3,(H,28,29)(H,30,35);1H. The Morgan fingerprint density at radius 2 is 1.09 bits per heavy atom. The second-order valence-electron chi connectivity index (χ2n) is 22.8. The van der Waals surface area contributed by atoms with Gasteiger partial charge < -0.3 is 29.7 Å². The number of halogens is 1. The lowest BCUT2D eigenvalue weighted by molar-refractivity contribution is 0.101. The highest BCUT2D eigenvalue weighted by Gasteiger charge is 2.27. The number of hydrazine groups is 4. The zero-order valence-electron chi connectivity index (χ0n) is 50.8. The van der Waals surface area contributed by atoms with Crippen molar-refractivity contribution in [3.8, 4) is 11.5 Å². The average molecular weight is 1230 g/mol. The van der Waals surface area contributed by atoms with Crippen LogP contribution >= 0.6 is 12.4 Å². The molecule has 7 aromatic rings. The molecule has 0 saturated heterocycles. The number of hydrogen-bond acceptors (Lipinski definition) is 16. The molecule has 86 heavy (non-hydrogen) atoms. The van der Waals surface area contributed by atoms with Crippen molar-refractivity contribution in [3.63, 3.8) is 0 Å². The number of imidazole rings is 2. The molecule has 2 aliphatic heterocycles. The number of carbonyl (C=O) groups excluding carboxylic acids is 2. The van der Waals surface area contributed by atoms with E-state index in [-0.39, 0.29) is 57.9 Å². The molecular weight excluding hydrogens is 1160 g/mol. The van der Waals surface area contributed by atoms with Crippen LogP contribution in [0, 0.1) is 13.8 Å². The van der Waals surface area contributed by atoms with Gasteiger partial charge in [-0.3, -0.25) is 39.9 Å². The number of nitrogens with zero attached hydrogens (tertiary/aromatic N) is 5. The fraction of sp³-hybridized carbons (Fsp3) is 0.311. The van der Waals surface area contributed by atoms with Gasteiger partial charge in [-0.05, 0) is 101 Å². The largest absolute Gasteiger partial charge is 0.492 e. The predicted octanol–water partition coefficient (Wildman–Crippen LogP) is 10.0. The third-order valence-corrected chi connectivity index (χ3v) is 15.1. The van der Waals surface area contributed by atoms with Gasteiger partial charge in [0, 0.05) is 36.7 Å². The van der Waals surface area contributed by atoms with Crippen molar-refractivity contribution in [2.24, 2.45) is 0 Å². The van der Waals surface area contributed by atoms with Crippen LogP contribution in [0.3, 0.4) is 0 Å². The predicted molar refractivity (Wildman–Crippen MR) is 344 cm³/mol. The van der Waals surface area contributed by atoms with E-state index in [9.17, 15) is 26.4 Å². The number of aryl methyl sites for hydroxylation is 4. The molecule has 0 aliphatic carbocycles. The Kier molecular flexibility index (Phi) is 19.9. The highest BCUT2D eigenvalue weighted by molar-refractivity contribution is 7.92. The number of anilines is 6. The number of H-pyrrole nitrogens is 1. The molecule has 9 N–H and O–H groups in total. The molecule has 2 aromatic heterocycles. The van der Waals surface area contributed by atoms with Gasteiger partial charge in [0.1, 0.15) is 17.3 Å². The highest BCUT2D eigenvalue weighted by Crippen LogP contribution is 2.41. The lowest BCUT2D eigenvalue weighted by atomic mass is 9.86. The topological polar surface area (TPSA) is 270 Å².